The van der Waals surface area contributed by atoms with Gasteiger partial charge in [-0.2, -0.15) is 0 Å². The average Bonchev–Trinajstić information content (AvgIpc) is 2.40. The molecule has 0 aliphatic carbocycles. The zero-order chi connectivity index (χ0) is 14.5. The molecule has 20 heavy (non-hydrogen) atoms. The van der Waals surface area contributed by atoms with Crippen LogP contribution in [0.4, 0.5) is 15.8 Å². The Hall–Kier alpha value is -1.72. The second-order valence-electron chi connectivity index (χ2n) is 4.03. The standard InChI is InChI=1S/C14H12ClFN2OS/c15-9-4-5-12(17)13(6-9)20-8-14(19)18-11-3-1-2-10(16)7-11/h1-7H,8,17H2,(H,18,19). The first kappa shape index (κ1) is 14.7. The van der Waals surface area contributed by atoms with E-state index in [4.69, 9.17) is 17.3 Å². The van der Waals surface area contributed by atoms with Crippen LogP contribution in [0.15, 0.2) is 47.4 Å². The van der Waals surface area contributed by atoms with Crippen LogP contribution in [-0.2, 0) is 4.79 Å². The highest BCUT2D eigenvalue weighted by Gasteiger charge is 2.07. The van der Waals surface area contributed by atoms with Crippen molar-refractivity contribution in [2.45, 2.75) is 4.90 Å². The van der Waals surface area contributed by atoms with Gasteiger partial charge in [-0.25, -0.2) is 4.39 Å². The molecule has 0 aliphatic rings. The van der Waals surface area contributed by atoms with E-state index in [1.165, 1.54) is 30.0 Å². The Morgan fingerprint density at radius 2 is 2.10 bits per heavy atom. The third kappa shape index (κ3) is 4.15. The van der Waals surface area contributed by atoms with Crippen LogP contribution >= 0.6 is 23.4 Å². The maximum absolute atomic E-state index is 13.0. The molecule has 0 unspecified atom stereocenters. The Bertz CT molecular complexity index is 636. The van der Waals surface area contributed by atoms with Crippen LogP contribution in [0.3, 0.4) is 0 Å². The molecule has 6 heteroatoms. The Balaban J connectivity index is 1.94. The summed E-state index contributed by atoms with van der Waals surface area (Å²) in [6.07, 6.45) is 0. The van der Waals surface area contributed by atoms with E-state index in [-0.39, 0.29) is 11.7 Å². The van der Waals surface area contributed by atoms with E-state index >= 15 is 0 Å². The molecular weight excluding hydrogens is 299 g/mol. The topological polar surface area (TPSA) is 55.1 Å². The monoisotopic (exact) mass is 310 g/mol. The van der Waals surface area contributed by atoms with Gasteiger partial charge in [-0.1, -0.05) is 17.7 Å². The first-order valence-corrected chi connectivity index (χ1v) is 7.14. The molecule has 0 fully saturated rings. The van der Waals surface area contributed by atoms with Crippen molar-refractivity contribution in [1.82, 2.24) is 0 Å². The number of nitrogens with two attached hydrogens (primary N) is 1. The SMILES string of the molecule is Nc1ccc(Cl)cc1SCC(=O)Nc1cccc(F)c1. The van der Waals surface area contributed by atoms with Gasteiger partial charge in [0.25, 0.3) is 0 Å². The average molecular weight is 311 g/mol. The lowest BCUT2D eigenvalue weighted by atomic mass is 10.3. The Morgan fingerprint density at radius 1 is 1.30 bits per heavy atom. The number of carbonyl (C=O) groups is 1. The minimum absolute atomic E-state index is 0.168. The summed E-state index contributed by atoms with van der Waals surface area (Å²) in [6.45, 7) is 0. The maximum Gasteiger partial charge on any atom is 0.234 e. The zero-order valence-corrected chi connectivity index (χ0v) is 12.0. The fourth-order valence-corrected chi connectivity index (χ4v) is 2.58. The number of halogens is 2. The lowest BCUT2D eigenvalue weighted by Crippen LogP contribution is -2.14. The first-order valence-electron chi connectivity index (χ1n) is 5.78. The van der Waals surface area contributed by atoms with Crippen molar-refractivity contribution in [2.24, 2.45) is 0 Å². The molecule has 0 radical (unpaired) electrons. The van der Waals surface area contributed by atoms with Crippen molar-refractivity contribution in [3.05, 3.63) is 53.3 Å². The van der Waals surface area contributed by atoms with Gasteiger partial charge in [0.15, 0.2) is 0 Å². The molecule has 104 valence electrons. The molecule has 0 saturated heterocycles. The highest BCUT2D eigenvalue weighted by Crippen LogP contribution is 2.28. The van der Waals surface area contributed by atoms with Crippen molar-refractivity contribution in [2.75, 3.05) is 16.8 Å². The van der Waals surface area contributed by atoms with Crippen LogP contribution in [0.25, 0.3) is 0 Å². The molecule has 0 aliphatic heterocycles. The zero-order valence-electron chi connectivity index (χ0n) is 10.4. The summed E-state index contributed by atoms with van der Waals surface area (Å²) in [4.78, 5) is 12.5. The van der Waals surface area contributed by atoms with Gasteiger partial charge in [0, 0.05) is 21.3 Å². The molecule has 3 N–H and O–H groups in total. The number of nitrogen functional groups attached to an aromatic ring is 1. The number of hydrogen-bond donors (Lipinski definition) is 2. The van der Waals surface area contributed by atoms with Crippen LogP contribution < -0.4 is 11.1 Å². The Labute approximate surface area is 125 Å². The number of anilines is 2. The van der Waals surface area contributed by atoms with Crippen molar-refractivity contribution < 1.29 is 9.18 Å². The van der Waals surface area contributed by atoms with Crippen LogP contribution in [-0.4, -0.2) is 11.7 Å². The fourth-order valence-electron chi connectivity index (χ4n) is 1.54. The van der Waals surface area contributed by atoms with Gasteiger partial charge in [-0.3, -0.25) is 4.79 Å². The number of benzene rings is 2. The van der Waals surface area contributed by atoms with Crippen LogP contribution in [0.1, 0.15) is 0 Å². The van der Waals surface area contributed by atoms with Crippen molar-refractivity contribution in [1.29, 1.82) is 0 Å². The minimum Gasteiger partial charge on any atom is -0.398 e. The van der Waals surface area contributed by atoms with Gasteiger partial charge in [0.2, 0.25) is 5.91 Å². The van der Waals surface area contributed by atoms with E-state index in [2.05, 4.69) is 5.32 Å². The maximum atomic E-state index is 13.0. The van der Waals surface area contributed by atoms with E-state index < -0.39 is 5.82 Å². The van der Waals surface area contributed by atoms with Crippen molar-refractivity contribution >= 4 is 40.6 Å². The quantitative estimate of drug-likeness (QED) is 0.667. The van der Waals surface area contributed by atoms with E-state index in [1.54, 1.807) is 24.3 Å². The summed E-state index contributed by atoms with van der Waals surface area (Å²) >= 11 is 7.15. The molecule has 2 rings (SSSR count). The van der Waals surface area contributed by atoms with Gasteiger partial charge in [-0.15, -0.1) is 11.8 Å². The Morgan fingerprint density at radius 3 is 2.85 bits per heavy atom. The van der Waals surface area contributed by atoms with E-state index in [0.717, 1.165) is 4.90 Å². The summed E-state index contributed by atoms with van der Waals surface area (Å²) in [5.74, 6) is -0.462. The van der Waals surface area contributed by atoms with Crippen LogP contribution in [0, 0.1) is 5.82 Å². The molecule has 0 heterocycles. The predicted molar refractivity (Wildman–Crippen MR) is 81.6 cm³/mol. The number of rotatable bonds is 4. The third-order valence-corrected chi connectivity index (χ3v) is 3.75. The summed E-state index contributed by atoms with van der Waals surface area (Å²) in [5, 5.41) is 3.18. The molecule has 0 saturated carbocycles. The van der Waals surface area contributed by atoms with E-state index in [9.17, 15) is 9.18 Å². The number of amides is 1. The molecule has 0 atom stereocenters. The molecule has 3 nitrogen and oxygen atoms in total. The lowest BCUT2D eigenvalue weighted by Gasteiger charge is -2.07. The van der Waals surface area contributed by atoms with Crippen molar-refractivity contribution in [3.8, 4) is 0 Å². The normalized spacial score (nSPS) is 10.3. The minimum atomic E-state index is -0.394. The predicted octanol–water partition coefficient (Wildman–Crippen LogP) is 3.79. The first-order chi connectivity index (χ1) is 9.54. The lowest BCUT2D eigenvalue weighted by molar-refractivity contribution is -0.113. The number of nitrogens with one attached hydrogen (secondary N) is 1. The largest absolute Gasteiger partial charge is 0.398 e. The van der Waals surface area contributed by atoms with Crippen LogP contribution in [0.5, 0.6) is 0 Å². The number of hydrogen-bond acceptors (Lipinski definition) is 3. The van der Waals surface area contributed by atoms with Gasteiger partial charge >= 0.3 is 0 Å². The molecule has 1 amide bonds. The van der Waals surface area contributed by atoms with E-state index in [0.29, 0.717) is 16.4 Å². The highest BCUT2D eigenvalue weighted by atomic mass is 35.5. The second kappa shape index (κ2) is 6.63. The molecule has 0 spiro atoms. The second-order valence-corrected chi connectivity index (χ2v) is 5.48. The molecule has 0 bridgehead atoms. The Kier molecular flexibility index (Phi) is 4.87. The van der Waals surface area contributed by atoms with Crippen LogP contribution in [0.2, 0.25) is 5.02 Å². The number of carbonyl (C=O) groups excluding carboxylic acids is 1. The molecule has 2 aromatic carbocycles. The van der Waals surface area contributed by atoms with Gasteiger partial charge in [0.05, 0.1) is 5.75 Å². The molecular formula is C14H12ClFN2OS. The summed E-state index contributed by atoms with van der Waals surface area (Å²) in [5.41, 5.74) is 6.78. The summed E-state index contributed by atoms with van der Waals surface area (Å²) < 4.78 is 13.0. The van der Waals surface area contributed by atoms with E-state index in [1.807, 2.05) is 0 Å². The smallest absolute Gasteiger partial charge is 0.234 e. The highest BCUT2D eigenvalue weighted by molar-refractivity contribution is 8.00. The molecule has 2 aromatic rings. The third-order valence-electron chi connectivity index (χ3n) is 2.44. The van der Waals surface area contributed by atoms with Gasteiger partial charge in [0.1, 0.15) is 5.82 Å². The van der Waals surface area contributed by atoms with Crippen molar-refractivity contribution in [3.63, 3.8) is 0 Å². The molecule has 0 aromatic heterocycles. The summed E-state index contributed by atoms with van der Waals surface area (Å²) in [7, 11) is 0. The van der Waals surface area contributed by atoms with Gasteiger partial charge in [-0.05, 0) is 36.4 Å². The summed E-state index contributed by atoms with van der Waals surface area (Å²) in [6, 6.07) is 10.8. The fraction of sp³-hybridized carbons (Fsp3) is 0.0714. The van der Waals surface area contributed by atoms with Gasteiger partial charge < -0.3 is 11.1 Å². The number of thioether (sulfide) groups is 1.